The second-order valence-corrected chi connectivity index (χ2v) is 6.44. The molecule has 3 nitrogen and oxygen atoms in total. The van der Waals surface area contributed by atoms with Crippen LogP contribution < -0.4 is 5.32 Å². The molecule has 3 heteroatoms. The van der Waals surface area contributed by atoms with Crippen molar-refractivity contribution in [1.29, 1.82) is 0 Å². The average Bonchev–Trinajstić information content (AvgIpc) is 2.50. The van der Waals surface area contributed by atoms with E-state index in [-0.39, 0.29) is 0 Å². The first kappa shape index (κ1) is 15.8. The molecule has 0 atom stereocenters. The van der Waals surface area contributed by atoms with Crippen LogP contribution in [0.25, 0.3) is 0 Å². The maximum Gasteiger partial charge on any atom is 0.0823 e. The zero-order valence-electron chi connectivity index (χ0n) is 13.2. The van der Waals surface area contributed by atoms with Crippen LogP contribution in [0.3, 0.4) is 0 Å². The Balaban J connectivity index is 1.84. The monoisotopic (exact) mass is 279 g/mol. The van der Waals surface area contributed by atoms with Gasteiger partial charge in [0.25, 0.3) is 0 Å². The standard InChI is InChI=1S/C17H33N3/c1-2-4-6-10-17(11-7-5-3-1)20-14-8-12-18-16-19-13-9-15-20/h16-17H,1-15H2,(H,18,19). The van der Waals surface area contributed by atoms with E-state index in [0.29, 0.717) is 0 Å². The number of aliphatic imine (C=N–C) groups is 1. The SMILES string of the molecule is C1=NCCCN(C2CCCCCCCCC2)CCCN1. The summed E-state index contributed by atoms with van der Waals surface area (Å²) in [7, 11) is 0. The lowest BCUT2D eigenvalue weighted by Crippen LogP contribution is -2.38. The third-order valence-corrected chi connectivity index (χ3v) is 4.77. The molecular weight excluding hydrogens is 246 g/mol. The number of nitrogens with one attached hydrogen (secondary N) is 1. The summed E-state index contributed by atoms with van der Waals surface area (Å²) in [4.78, 5) is 7.19. The van der Waals surface area contributed by atoms with Gasteiger partial charge in [0.2, 0.25) is 0 Å². The Morgan fingerprint density at radius 1 is 0.800 bits per heavy atom. The quantitative estimate of drug-likeness (QED) is 0.794. The molecule has 1 saturated carbocycles. The van der Waals surface area contributed by atoms with E-state index in [1.165, 1.54) is 83.7 Å². The molecule has 0 amide bonds. The fraction of sp³-hybridized carbons (Fsp3) is 0.941. The molecule has 116 valence electrons. The molecule has 20 heavy (non-hydrogen) atoms. The Labute approximate surface area is 125 Å². The summed E-state index contributed by atoms with van der Waals surface area (Å²) < 4.78 is 0. The van der Waals surface area contributed by atoms with Crippen molar-refractivity contribution in [2.24, 2.45) is 4.99 Å². The minimum atomic E-state index is 0.844. The summed E-state index contributed by atoms with van der Waals surface area (Å²) in [5, 5.41) is 3.30. The zero-order chi connectivity index (χ0) is 13.9. The van der Waals surface area contributed by atoms with Crippen LogP contribution in [-0.2, 0) is 0 Å². The molecule has 0 aromatic carbocycles. The molecule has 0 unspecified atom stereocenters. The summed E-state index contributed by atoms with van der Waals surface area (Å²) in [5.74, 6) is 0. The lowest BCUT2D eigenvalue weighted by Gasteiger charge is -2.33. The van der Waals surface area contributed by atoms with Crippen LogP contribution in [0.1, 0.15) is 70.6 Å². The largest absolute Gasteiger partial charge is 0.376 e. The molecule has 0 saturated heterocycles. The van der Waals surface area contributed by atoms with Gasteiger partial charge in [0.15, 0.2) is 0 Å². The Morgan fingerprint density at radius 2 is 1.45 bits per heavy atom. The van der Waals surface area contributed by atoms with E-state index >= 15 is 0 Å². The zero-order valence-corrected chi connectivity index (χ0v) is 13.2. The van der Waals surface area contributed by atoms with Gasteiger partial charge in [0, 0.05) is 32.2 Å². The minimum Gasteiger partial charge on any atom is -0.376 e. The first-order valence-corrected chi connectivity index (χ1v) is 8.92. The molecular formula is C17H33N3. The fourth-order valence-corrected chi connectivity index (χ4v) is 3.57. The maximum absolute atomic E-state index is 4.41. The molecule has 0 radical (unpaired) electrons. The number of rotatable bonds is 1. The Kier molecular flexibility index (Phi) is 8.06. The van der Waals surface area contributed by atoms with Gasteiger partial charge in [0.1, 0.15) is 0 Å². The van der Waals surface area contributed by atoms with Crippen molar-refractivity contribution in [3.05, 3.63) is 0 Å². The van der Waals surface area contributed by atoms with Crippen molar-refractivity contribution in [3.8, 4) is 0 Å². The molecule has 1 N–H and O–H groups in total. The summed E-state index contributed by atoms with van der Waals surface area (Å²) >= 11 is 0. The summed E-state index contributed by atoms with van der Waals surface area (Å²) in [5.41, 5.74) is 0. The predicted molar refractivity (Wildman–Crippen MR) is 87.5 cm³/mol. The van der Waals surface area contributed by atoms with Crippen LogP contribution >= 0.6 is 0 Å². The first-order chi connectivity index (χ1) is 9.97. The van der Waals surface area contributed by atoms with E-state index in [9.17, 15) is 0 Å². The Hall–Kier alpha value is -0.570. The van der Waals surface area contributed by atoms with Crippen molar-refractivity contribution in [2.75, 3.05) is 26.2 Å². The van der Waals surface area contributed by atoms with E-state index in [1.807, 2.05) is 6.34 Å². The van der Waals surface area contributed by atoms with E-state index in [2.05, 4.69) is 15.2 Å². The lowest BCUT2D eigenvalue weighted by molar-refractivity contribution is 0.165. The van der Waals surface area contributed by atoms with Crippen LogP contribution in [0.4, 0.5) is 0 Å². The van der Waals surface area contributed by atoms with Gasteiger partial charge in [-0.15, -0.1) is 0 Å². The number of nitrogens with zero attached hydrogens (tertiary/aromatic N) is 2. The van der Waals surface area contributed by atoms with Gasteiger partial charge in [-0.25, -0.2) is 0 Å². The summed E-state index contributed by atoms with van der Waals surface area (Å²) in [6, 6.07) is 0.844. The molecule has 0 aromatic rings. The molecule has 1 aliphatic carbocycles. The third kappa shape index (κ3) is 6.25. The molecule has 1 fully saturated rings. The van der Waals surface area contributed by atoms with E-state index in [0.717, 1.165) is 19.1 Å². The van der Waals surface area contributed by atoms with Gasteiger partial charge in [-0.2, -0.15) is 0 Å². The second-order valence-electron chi connectivity index (χ2n) is 6.44. The van der Waals surface area contributed by atoms with Gasteiger partial charge in [-0.3, -0.25) is 4.99 Å². The van der Waals surface area contributed by atoms with E-state index in [1.54, 1.807) is 0 Å². The highest BCUT2D eigenvalue weighted by Crippen LogP contribution is 2.21. The second kappa shape index (κ2) is 10.2. The Bertz CT molecular complexity index is 255. The van der Waals surface area contributed by atoms with E-state index < -0.39 is 0 Å². The van der Waals surface area contributed by atoms with Gasteiger partial charge >= 0.3 is 0 Å². The van der Waals surface area contributed by atoms with Gasteiger partial charge in [-0.05, 0) is 25.7 Å². The van der Waals surface area contributed by atoms with Gasteiger partial charge in [-0.1, -0.05) is 44.9 Å². The van der Waals surface area contributed by atoms with Crippen molar-refractivity contribution < 1.29 is 0 Å². The highest BCUT2D eigenvalue weighted by Gasteiger charge is 2.18. The van der Waals surface area contributed by atoms with Crippen LogP contribution in [0, 0.1) is 0 Å². The molecule has 2 aliphatic rings. The topological polar surface area (TPSA) is 27.6 Å². The van der Waals surface area contributed by atoms with Crippen molar-refractivity contribution in [2.45, 2.75) is 76.7 Å². The highest BCUT2D eigenvalue weighted by atomic mass is 15.2. The van der Waals surface area contributed by atoms with Crippen LogP contribution in [0.2, 0.25) is 0 Å². The lowest BCUT2D eigenvalue weighted by atomic mass is 9.96. The highest BCUT2D eigenvalue weighted by molar-refractivity contribution is 5.53. The third-order valence-electron chi connectivity index (χ3n) is 4.77. The first-order valence-electron chi connectivity index (χ1n) is 8.92. The van der Waals surface area contributed by atoms with Crippen molar-refractivity contribution in [1.82, 2.24) is 10.2 Å². The minimum absolute atomic E-state index is 0.844. The van der Waals surface area contributed by atoms with E-state index in [4.69, 9.17) is 0 Å². The number of hydrogen-bond acceptors (Lipinski definition) is 3. The predicted octanol–water partition coefficient (Wildman–Crippen LogP) is 3.59. The average molecular weight is 279 g/mol. The summed E-state index contributed by atoms with van der Waals surface area (Å²) in [6.07, 6.45) is 17.4. The van der Waals surface area contributed by atoms with Crippen LogP contribution in [0.5, 0.6) is 0 Å². The van der Waals surface area contributed by atoms with Gasteiger partial charge < -0.3 is 10.2 Å². The Morgan fingerprint density at radius 3 is 2.20 bits per heavy atom. The molecule has 0 spiro atoms. The normalized spacial score (nSPS) is 25.8. The maximum atomic E-state index is 4.41. The van der Waals surface area contributed by atoms with Crippen LogP contribution in [-0.4, -0.2) is 43.5 Å². The van der Waals surface area contributed by atoms with Crippen molar-refractivity contribution >= 4 is 6.34 Å². The molecule has 0 aromatic heterocycles. The molecule has 1 heterocycles. The molecule has 1 aliphatic heterocycles. The molecule has 0 bridgehead atoms. The van der Waals surface area contributed by atoms with Crippen molar-refractivity contribution in [3.63, 3.8) is 0 Å². The van der Waals surface area contributed by atoms with Gasteiger partial charge in [0.05, 0.1) is 6.34 Å². The molecule has 2 rings (SSSR count). The van der Waals surface area contributed by atoms with Crippen LogP contribution in [0.15, 0.2) is 4.99 Å². The number of hydrogen-bond donors (Lipinski definition) is 1. The fourth-order valence-electron chi connectivity index (χ4n) is 3.57. The summed E-state index contributed by atoms with van der Waals surface area (Å²) in [6.45, 7) is 4.58. The smallest absolute Gasteiger partial charge is 0.0823 e.